The molecule has 0 spiro atoms. The zero-order valence-corrected chi connectivity index (χ0v) is 16.5. The van der Waals surface area contributed by atoms with Crippen LogP contribution in [0.5, 0.6) is 0 Å². The molecule has 1 unspecified atom stereocenters. The second kappa shape index (κ2) is 6.77. The fourth-order valence-corrected chi connectivity index (χ4v) is 4.96. The average Bonchev–Trinajstić information content (AvgIpc) is 2.63. The van der Waals surface area contributed by atoms with Crippen LogP contribution in [-0.4, -0.2) is 37.3 Å². The molecule has 0 saturated carbocycles. The summed E-state index contributed by atoms with van der Waals surface area (Å²) in [7, 11) is 0. The van der Waals surface area contributed by atoms with Gasteiger partial charge in [0.25, 0.3) is 0 Å². The second-order valence-electron chi connectivity index (χ2n) is 7.18. The van der Waals surface area contributed by atoms with Crippen LogP contribution in [0.15, 0.2) is 30.3 Å². The van der Waals surface area contributed by atoms with Gasteiger partial charge in [0.1, 0.15) is 0 Å². The first-order valence-electron chi connectivity index (χ1n) is 7.10. The van der Waals surface area contributed by atoms with Crippen molar-refractivity contribution < 1.29 is 21.6 Å². The summed E-state index contributed by atoms with van der Waals surface area (Å²) < 4.78 is 4.13. The molecule has 0 aromatic heterocycles. The molecule has 0 amide bonds. The predicted molar refractivity (Wildman–Crippen MR) is 84.9 cm³/mol. The maximum absolute atomic E-state index is 2.61. The zero-order chi connectivity index (χ0) is 14.1. The molecular weight excluding hydrogens is 377 g/mol. The van der Waals surface area contributed by atoms with E-state index in [1.807, 2.05) is 0 Å². The van der Waals surface area contributed by atoms with E-state index in [0.29, 0.717) is 26.4 Å². The third-order valence-electron chi connectivity index (χ3n) is 3.60. The Morgan fingerprint density at radius 2 is 1.80 bits per heavy atom. The van der Waals surface area contributed by atoms with Crippen LogP contribution in [-0.2, 0) is 0 Å². The van der Waals surface area contributed by atoms with Gasteiger partial charge in [0, 0.05) is 0 Å². The van der Waals surface area contributed by atoms with Crippen molar-refractivity contribution in [2.75, 3.05) is 0 Å². The van der Waals surface area contributed by atoms with Crippen molar-refractivity contribution in [1.29, 1.82) is 0 Å². The first kappa shape index (κ1) is 17.9. The molecular formula is C17H26BrNSe. The van der Waals surface area contributed by atoms with E-state index in [2.05, 4.69) is 75.7 Å². The van der Waals surface area contributed by atoms with Crippen LogP contribution in [0.1, 0.15) is 41.0 Å². The molecule has 0 fully saturated rings. The first-order valence-corrected chi connectivity index (χ1v) is 9.17. The van der Waals surface area contributed by atoms with Crippen molar-refractivity contribution in [3.63, 3.8) is 0 Å². The number of benzene rings is 1. The van der Waals surface area contributed by atoms with E-state index in [-0.39, 0.29) is 22.5 Å². The van der Waals surface area contributed by atoms with Crippen molar-refractivity contribution in [1.82, 2.24) is 0 Å². The van der Waals surface area contributed by atoms with E-state index in [1.165, 1.54) is 16.2 Å². The summed E-state index contributed by atoms with van der Waals surface area (Å²) in [4.78, 5) is 0. The van der Waals surface area contributed by atoms with Gasteiger partial charge in [-0.1, -0.05) is 0 Å². The monoisotopic (exact) mass is 403 g/mol. The van der Waals surface area contributed by atoms with Gasteiger partial charge in [0.2, 0.25) is 0 Å². The number of halogens is 1. The van der Waals surface area contributed by atoms with E-state index in [1.54, 1.807) is 0 Å². The predicted octanol–water partition coefficient (Wildman–Crippen LogP) is 0.119. The molecule has 112 valence electrons. The topological polar surface area (TPSA) is 3.01 Å². The van der Waals surface area contributed by atoms with Gasteiger partial charge < -0.3 is 17.0 Å². The largest absolute Gasteiger partial charge is 1.00 e. The van der Waals surface area contributed by atoms with Crippen LogP contribution < -0.4 is 21.4 Å². The fourth-order valence-electron chi connectivity index (χ4n) is 2.83. The average molecular weight is 403 g/mol. The third kappa shape index (κ3) is 4.72. The van der Waals surface area contributed by atoms with Crippen LogP contribution >= 0.6 is 0 Å². The third-order valence-corrected chi connectivity index (χ3v) is 6.03. The Balaban J connectivity index is 0.00000200. The normalized spacial score (nSPS) is 21.2. The summed E-state index contributed by atoms with van der Waals surface area (Å²) in [6.07, 6.45) is 3.76. The SMILES string of the molecule is CC1(C)C=[N+](C(C)(C)C)C(C[Se]c2ccccc2)C1.[Br-]. The van der Waals surface area contributed by atoms with Crippen molar-refractivity contribution in [3.05, 3.63) is 30.3 Å². The van der Waals surface area contributed by atoms with Crippen LogP contribution in [0.3, 0.4) is 0 Å². The van der Waals surface area contributed by atoms with Gasteiger partial charge in [-0.2, -0.15) is 0 Å². The van der Waals surface area contributed by atoms with Crippen LogP contribution in [0.2, 0.25) is 5.32 Å². The van der Waals surface area contributed by atoms with Gasteiger partial charge in [-0.3, -0.25) is 0 Å². The Kier molecular flexibility index (Phi) is 6.07. The number of nitrogens with zero attached hydrogens (tertiary/aromatic N) is 1. The Morgan fingerprint density at radius 3 is 2.35 bits per heavy atom. The van der Waals surface area contributed by atoms with Crippen molar-refractivity contribution in [2.24, 2.45) is 5.41 Å². The molecule has 0 saturated heterocycles. The smallest absolute Gasteiger partial charge is 1.00 e. The minimum Gasteiger partial charge on any atom is -1.00 e. The van der Waals surface area contributed by atoms with E-state index < -0.39 is 0 Å². The van der Waals surface area contributed by atoms with Gasteiger partial charge in [-0.05, 0) is 0 Å². The van der Waals surface area contributed by atoms with Gasteiger partial charge in [-0.25, -0.2) is 0 Å². The van der Waals surface area contributed by atoms with Crippen molar-refractivity contribution in [2.45, 2.75) is 57.9 Å². The summed E-state index contributed by atoms with van der Waals surface area (Å²) in [5.41, 5.74) is 0.593. The standard InChI is InChI=1S/C17H26NSe.BrH/c1-16(2,3)18-13-17(4,5)11-14(18)12-19-15-9-7-6-8-10-15;/h6-10,13-14H,11-12H2,1-5H3;1H/q+1;/p-1. The molecule has 3 heteroatoms. The summed E-state index contributed by atoms with van der Waals surface area (Å²) in [5.74, 6) is 0. The molecule has 0 bridgehead atoms. The Bertz CT molecular complexity index is 460. The molecule has 20 heavy (non-hydrogen) atoms. The minimum absolute atomic E-state index is 0. The van der Waals surface area contributed by atoms with E-state index in [4.69, 9.17) is 0 Å². The van der Waals surface area contributed by atoms with Gasteiger partial charge in [0.15, 0.2) is 0 Å². The van der Waals surface area contributed by atoms with Crippen LogP contribution in [0.4, 0.5) is 0 Å². The zero-order valence-electron chi connectivity index (χ0n) is 13.2. The number of rotatable bonds is 3. The van der Waals surface area contributed by atoms with Gasteiger partial charge in [-0.15, -0.1) is 0 Å². The second-order valence-corrected chi connectivity index (χ2v) is 9.47. The number of hydrogen-bond donors (Lipinski definition) is 0. The first-order chi connectivity index (χ1) is 8.78. The quantitative estimate of drug-likeness (QED) is 0.499. The van der Waals surface area contributed by atoms with Crippen molar-refractivity contribution in [3.8, 4) is 0 Å². The maximum Gasteiger partial charge on any atom is -1.00 e. The molecule has 2 rings (SSSR count). The van der Waals surface area contributed by atoms with Crippen LogP contribution in [0, 0.1) is 5.41 Å². The molecule has 1 nitrogen and oxygen atoms in total. The maximum atomic E-state index is 2.61. The van der Waals surface area contributed by atoms with E-state index >= 15 is 0 Å². The van der Waals surface area contributed by atoms with E-state index in [9.17, 15) is 0 Å². The summed E-state index contributed by atoms with van der Waals surface area (Å²) in [5, 5.41) is 1.31. The molecule has 1 heterocycles. The fraction of sp³-hybridized carbons (Fsp3) is 0.588. The molecule has 0 aliphatic carbocycles. The molecule has 0 N–H and O–H groups in total. The summed E-state index contributed by atoms with van der Waals surface area (Å²) >= 11 is 0.587. The Labute approximate surface area is 140 Å². The minimum atomic E-state index is 0. The molecule has 0 radical (unpaired) electrons. The molecule has 1 aromatic carbocycles. The molecule has 1 aliphatic rings. The summed E-state index contributed by atoms with van der Waals surface area (Å²) in [6.45, 7) is 11.7. The van der Waals surface area contributed by atoms with Crippen LogP contribution in [0.25, 0.3) is 0 Å². The van der Waals surface area contributed by atoms with Gasteiger partial charge in [0.05, 0.1) is 0 Å². The Hall–Kier alpha value is -0.111. The Morgan fingerprint density at radius 1 is 1.20 bits per heavy atom. The molecule has 1 atom stereocenters. The van der Waals surface area contributed by atoms with Crippen molar-refractivity contribution >= 4 is 25.6 Å². The molecule has 1 aliphatic heterocycles. The van der Waals surface area contributed by atoms with E-state index in [0.717, 1.165) is 0 Å². The number of hydrogen-bond acceptors (Lipinski definition) is 0. The molecule has 1 aromatic rings. The van der Waals surface area contributed by atoms with Gasteiger partial charge >= 0.3 is 124 Å². The summed E-state index contributed by atoms with van der Waals surface area (Å²) in [6, 6.07) is 11.7.